The SMILES string of the molecule is Cn1ccnc1C(NC(=O)COc1ccc(-c2ccccc2)cc1Cl)c1ccccc1. The number of ether oxygens (including phenoxy) is 1. The van der Waals surface area contributed by atoms with Crippen LogP contribution in [0.1, 0.15) is 17.4 Å². The molecule has 1 amide bonds. The quantitative estimate of drug-likeness (QED) is 0.446. The lowest BCUT2D eigenvalue weighted by molar-refractivity contribution is -0.123. The zero-order valence-corrected chi connectivity index (χ0v) is 17.8. The third-order valence-electron chi connectivity index (χ3n) is 4.95. The third kappa shape index (κ3) is 4.95. The number of carbonyl (C=O) groups excluding carboxylic acids is 1. The fourth-order valence-corrected chi connectivity index (χ4v) is 3.61. The summed E-state index contributed by atoms with van der Waals surface area (Å²) in [6.45, 7) is -0.155. The van der Waals surface area contributed by atoms with Crippen LogP contribution in [0.4, 0.5) is 0 Å². The Hall–Kier alpha value is -3.57. The molecule has 0 saturated carbocycles. The Bertz CT molecular complexity index is 1160. The number of aryl methyl sites for hydroxylation is 1. The van der Waals surface area contributed by atoms with Gasteiger partial charge in [-0.25, -0.2) is 4.98 Å². The van der Waals surface area contributed by atoms with Crippen LogP contribution in [0.2, 0.25) is 5.02 Å². The van der Waals surface area contributed by atoms with Crippen molar-refractivity contribution in [2.24, 2.45) is 7.05 Å². The summed E-state index contributed by atoms with van der Waals surface area (Å²) in [6.07, 6.45) is 3.56. The van der Waals surface area contributed by atoms with Crippen LogP contribution in [0.25, 0.3) is 11.1 Å². The molecule has 0 aliphatic rings. The Morgan fingerprint density at radius 2 is 1.74 bits per heavy atom. The molecule has 6 heteroatoms. The van der Waals surface area contributed by atoms with Gasteiger partial charge in [0.2, 0.25) is 0 Å². The monoisotopic (exact) mass is 431 g/mol. The minimum absolute atomic E-state index is 0.155. The van der Waals surface area contributed by atoms with Crippen molar-refractivity contribution in [2.45, 2.75) is 6.04 Å². The molecule has 156 valence electrons. The van der Waals surface area contributed by atoms with Crippen LogP contribution in [0, 0.1) is 0 Å². The molecule has 4 rings (SSSR count). The molecule has 0 fully saturated rings. The molecular weight excluding hydrogens is 410 g/mol. The summed E-state index contributed by atoms with van der Waals surface area (Å²) in [5, 5.41) is 3.47. The highest BCUT2D eigenvalue weighted by atomic mass is 35.5. The number of nitrogens with one attached hydrogen (secondary N) is 1. The van der Waals surface area contributed by atoms with Crippen LogP contribution < -0.4 is 10.1 Å². The molecule has 0 bridgehead atoms. The fraction of sp³-hybridized carbons (Fsp3) is 0.120. The first-order valence-corrected chi connectivity index (χ1v) is 10.3. The molecule has 5 nitrogen and oxygen atoms in total. The number of imidazole rings is 1. The predicted octanol–water partition coefficient (Wildman–Crippen LogP) is 5.03. The van der Waals surface area contributed by atoms with E-state index >= 15 is 0 Å². The number of rotatable bonds is 7. The average molecular weight is 432 g/mol. The molecule has 4 aromatic rings. The summed E-state index contributed by atoms with van der Waals surface area (Å²) in [5.74, 6) is 0.939. The van der Waals surface area contributed by atoms with Gasteiger partial charge in [0.15, 0.2) is 6.61 Å². The smallest absolute Gasteiger partial charge is 0.258 e. The van der Waals surface area contributed by atoms with Gasteiger partial charge in [-0.15, -0.1) is 0 Å². The summed E-state index contributed by atoms with van der Waals surface area (Å²) in [4.78, 5) is 17.1. The van der Waals surface area contributed by atoms with E-state index in [1.165, 1.54) is 0 Å². The van der Waals surface area contributed by atoms with Crippen LogP contribution in [0.5, 0.6) is 5.75 Å². The van der Waals surface area contributed by atoms with Gasteiger partial charge in [-0.2, -0.15) is 0 Å². The highest BCUT2D eigenvalue weighted by Gasteiger charge is 2.21. The van der Waals surface area contributed by atoms with Gasteiger partial charge in [-0.3, -0.25) is 4.79 Å². The summed E-state index contributed by atoms with van der Waals surface area (Å²) < 4.78 is 7.59. The maximum atomic E-state index is 12.7. The van der Waals surface area contributed by atoms with E-state index in [0.29, 0.717) is 10.8 Å². The Morgan fingerprint density at radius 1 is 1.03 bits per heavy atom. The number of aromatic nitrogens is 2. The molecule has 3 aromatic carbocycles. The van der Waals surface area contributed by atoms with E-state index in [0.717, 1.165) is 22.5 Å². The number of benzene rings is 3. The minimum Gasteiger partial charge on any atom is -0.482 e. The van der Waals surface area contributed by atoms with Crippen molar-refractivity contribution in [1.82, 2.24) is 14.9 Å². The number of hydrogen-bond donors (Lipinski definition) is 1. The molecule has 0 aliphatic heterocycles. The first-order valence-electron chi connectivity index (χ1n) is 9.91. The van der Waals surface area contributed by atoms with Crippen LogP contribution in [-0.4, -0.2) is 22.1 Å². The topological polar surface area (TPSA) is 56.2 Å². The zero-order valence-electron chi connectivity index (χ0n) is 17.0. The Labute approximate surface area is 186 Å². The lowest BCUT2D eigenvalue weighted by Gasteiger charge is -2.19. The van der Waals surface area contributed by atoms with Crippen molar-refractivity contribution in [3.63, 3.8) is 0 Å². The Balaban J connectivity index is 1.45. The van der Waals surface area contributed by atoms with E-state index < -0.39 is 0 Å². The van der Waals surface area contributed by atoms with Crippen molar-refractivity contribution in [3.8, 4) is 16.9 Å². The third-order valence-corrected chi connectivity index (χ3v) is 5.25. The van der Waals surface area contributed by atoms with Gasteiger partial charge in [0.05, 0.1) is 5.02 Å². The van der Waals surface area contributed by atoms with Gasteiger partial charge in [-0.1, -0.05) is 78.3 Å². The van der Waals surface area contributed by atoms with Crippen LogP contribution in [-0.2, 0) is 11.8 Å². The predicted molar refractivity (Wildman–Crippen MR) is 122 cm³/mol. The van der Waals surface area contributed by atoms with Crippen LogP contribution >= 0.6 is 11.6 Å². The molecule has 1 unspecified atom stereocenters. The van der Waals surface area contributed by atoms with Gasteiger partial charge >= 0.3 is 0 Å². The van der Waals surface area contributed by atoms with Crippen molar-refractivity contribution in [1.29, 1.82) is 0 Å². The fourth-order valence-electron chi connectivity index (χ4n) is 3.37. The lowest BCUT2D eigenvalue weighted by atomic mass is 10.1. The second-order valence-electron chi connectivity index (χ2n) is 7.11. The molecular formula is C25H22ClN3O2. The van der Waals surface area contributed by atoms with Crippen LogP contribution in [0.15, 0.2) is 91.3 Å². The molecule has 0 radical (unpaired) electrons. The summed E-state index contributed by atoms with van der Waals surface area (Å²) in [6, 6.07) is 24.8. The number of hydrogen-bond acceptors (Lipinski definition) is 3. The van der Waals surface area contributed by atoms with E-state index in [9.17, 15) is 4.79 Å². The first-order chi connectivity index (χ1) is 15.1. The summed E-state index contributed by atoms with van der Waals surface area (Å²) >= 11 is 6.40. The second kappa shape index (κ2) is 9.49. The molecule has 1 aromatic heterocycles. The van der Waals surface area contributed by atoms with Gasteiger partial charge in [0.25, 0.3) is 5.91 Å². The number of nitrogens with zero attached hydrogens (tertiary/aromatic N) is 2. The summed E-state index contributed by atoms with van der Waals surface area (Å²) in [7, 11) is 1.90. The van der Waals surface area contributed by atoms with E-state index in [-0.39, 0.29) is 18.6 Å². The maximum Gasteiger partial charge on any atom is 0.258 e. The summed E-state index contributed by atoms with van der Waals surface area (Å²) in [5.41, 5.74) is 2.99. The normalized spacial score (nSPS) is 11.7. The standard InChI is InChI=1S/C25H22ClN3O2/c1-29-15-14-27-25(29)24(19-10-6-3-7-11-19)28-23(30)17-31-22-13-12-20(16-21(22)26)18-8-4-2-5-9-18/h2-16,24H,17H2,1H3,(H,28,30). The molecule has 0 saturated heterocycles. The van der Waals surface area contributed by atoms with E-state index in [1.54, 1.807) is 12.3 Å². The van der Waals surface area contributed by atoms with Crippen molar-refractivity contribution >= 4 is 17.5 Å². The molecule has 31 heavy (non-hydrogen) atoms. The Kier molecular flexibility index (Phi) is 6.34. The molecule has 1 heterocycles. The molecule has 1 N–H and O–H groups in total. The van der Waals surface area contributed by atoms with E-state index in [1.807, 2.05) is 90.6 Å². The zero-order chi connectivity index (χ0) is 21.6. The van der Waals surface area contributed by atoms with E-state index in [4.69, 9.17) is 16.3 Å². The maximum absolute atomic E-state index is 12.7. The number of amides is 1. The number of carbonyl (C=O) groups is 1. The molecule has 1 atom stereocenters. The van der Waals surface area contributed by atoms with Crippen molar-refractivity contribution in [3.05, 3.63) is 108 Å². The highest BCUT2D eigenvalue weighted by molar-refractivity contribution is 6.32. The number of halogens is 1. The average Bonchev–Trinajstić information content (AvgIpc) is 3.23. The van der Waals surface area contributed by atoms with Gasteiger partial charge < -0.3 is 14.6 Å². The largest absolute Gasteiger partial charge is 0.482 e. The molecule has 0 aliphatic carbocycles. The molecule has 0 spiro atoms. The van der Waals surface area contributed by atoms with Crippen LogP contribution in [0.3, 0.4) is 0 Å². The van der Waals surface area contributed by atoms with E-state index in [2.05, 4.69) is 10.3 Å². The minimum atomic E-state index is -0.381. The second-order valence-corrected chi connectivity index (χ2v) is 7.51. The first kappa shape index (κ1) is 20.7. The van der Waals surface area contributed by atoms with Gasteiger partial charge in [-0.05, 0) is 28.8 Å². The Morgan fingerprint density at radius 3 is 2.39 bits per heavy atom. The van der Waals surface area contributed by atoms with Crippen molar-refractivity contribution < 1.29 is 9.53 Å². The van der Waals surface area contributed by atoms with Gasteiger partial charge in [0, 0.05) is 19.4 Å². The lowest BCUT2D eigenvalue weighted by Crippen LogP contribution is -2.34. The highest BCUT2D eigenvalue weighted by Crippen LogP contribution is 2.30. The van der Waals surface area contributed by atoms with Crippen molar-refractivity contribution in [2.75, 3.05) is 6.61 Å². The van der Waals surface area contributed by atoms with Gasteiger partial charge in [0.1, 0.15) is 17.6 Å².